The lowest BCUT2D eigenvalue weighted by Crippen LogP contribution is -2.07. The SMILES string of the molecule is CCCCCn1ccc2c(=O)[nH]c3ccccc3c21. The van der Waals surface area contributed by atoms with Crippen LogP contribution in [0.1, 0.15) is 26.2 Å². The molecule has 0 atom stereocenters. The fraction of sp³-hybridized carbons (Fsp3) is 0.312. The summed E-state index contributed by atoms with van der Waals surface area (Å²) in [4.78, 5) is 15.0. The Kier molecular flexibility index (Phi) is 3.11. The number of nitrogens with zero attached hydrogens (tertiary/aromatic N) is 1. The summed E-state index contributed by atoms with van der Waals surface area (Å²) in [5, 5.41) is 1.91. The number of benzene rings is 1. The van der Waals surface area contributed by atoms with E-state index in [1.165, 1.54) is 12.8 Å². The Morgan fingerprint density at radius 2 is 1.95 bits per heavy atom. The molecule has 3 aromatic rings. The number of para-hydroxylation sites is 1. The fourth-order valence-corrected chi connectivity index (χ4v) is 2.66. The standard InChI is InChI=1S/C16H18N2O/c1-2-3-6-10-18-11-9-13-15(18)12-7-4-5-8-14(12)17-16(13)19/h4-5,7-9,11H,2-3,6,10H2,1H3,(H,17,19). The molecular formula is C16H18N2O. The number of aryl methyl sites for hydroxylation is 1. The summed E-state index contributed by atoms with van der Waals surface area (Å²) >= 11 is 0. The molecule has 0 aliphatic heterocycles. The molecule has 0 saturated heterocycles. The van der Waals surface area contributed by atoms with Crippen molar-refractivity contribution >= 4 is 21.8 Å². The normalized spacial score (nSPS) is 11.4. The summed E-state index contributed by atoms with van der Waals surface area (Å²) in [6.07, 6.45) is 5.62. The maximum Gasteiger partial charge on any atom is 0.257 e. The third kappa shape index (κ3) is 2.05. The summed E-state index contributed by atoms with van der Waals surface area (Å²) < 4.78 is 2.21. The molecule has 3 nitrogen and oxygen atoms in total. The largest absolute Gasteiger partial charge is 0.347 e. The molecule has 2 aromatic heterocycles. The number of aromatic nitrogens is 2. The third-order valence-electron chi connectivity index (χ3n) is 3.64. The van der Waals surface area contributed by atoms with Gasteiger partial charge in [0.2, 0.25) is 0 Å². The van der Waals surface area contributed by atoms with E-state index in [4.69, 9.17) is 0 Å². The highest BCUT2D eigenvalue weighted by Crippen LogP contribution is 2.22. The van der Waals surface area contributed by atoms with Crippen LogP contribution in [-0.4, -0.2) is 9.55 Å². The summed E-state index contributed by atoms with van der Waals surface area (Å²) in [7, 11) is 0. The second-order valence-electron chi connectivity index (χ2n) is 4.98. The minimum atomic E-state index is 0.00272. The maximum atomic E-state index is 12.1. The first-order chi connectivity index (χ1) is 9.31. The lowest BCUT2D eigenvalue weighted by Gasteiger charge is -2.07. The summed E-state index contributed by atoms with van der Waals surface area (Å²) in [5.41, 5.74) is 1.98. The monoisotopic (exact) mass is 254 g/mol. The Morgan fingerprint density at radius 1 is 1.11 bits per heavy atom. The number of aromatic amines is 1. The molecule has 0 saturated carbocycles. The first-order valence-electron chi connectivity index (χ1n) is 6.91. The van der Waals surface area contributed by atoms with E-state index in [0.717, 1.165) is 34.8 Å². The van der Waals surface area contributed by atoms with Crippen molar-refractivity contribution < 1.29 is 0 Å². The van der Waals surface area contributed by atoms with Crippen molar-refractivity contribution in [3.05, 3.63) is 46.9 Å². The smallest absolute Gasteiger partial charge is 0.257 e. The van der Waals surface area contributed by atoms with Crippen molar-refractivity contribution in [3.63, 3.8) is 0 Å². The van der Waals surface area contributed by atoms with Gasteiger partial charge >= 0.3 is 0 Å². The highest BCUT2D eigenvalue weighted by atomic mass is 16.1. The van der Waals surface area contributed by atoms with Crippen LogP contribution in [0.5, 0.6) is 0 Å². The van der Waals surface area contributed by atoms with E-state index in [1.54, 1.807) is 0 Å². The lowest BCUT2D eigenvalue weighted by atomic mass is 10.1. The number of fused-ring (bicyclic) bond motifs is 3. The van der Waals surface area contributed by atoms with Crippen molar-refractivity contribution in [2.24, 2.45) is 0 Å². The Morgan fingerprint density at radius 3 is 2.79 bits per heavy atom. The second kappa shape index (κ2) is 4.92. The molecule has 2 heterocycles. The number of hydrogen-bond acceptors (Lipinski definition) is 1. The molecule has 98 valence electrons. The van der Waals surface area contributed by atoms with Gasteiger partial charge in [0, 0.05) is 18.1 Å². The average molecular weight is 254 g/mol. The van der Waals surface area contributed by atoms with Gasteiger partial charge < -0.3 is 9.55 Å². The first kappa shape index (κ1) is 12.0. The van der Waals surface area contributed by atoms with Gasteiger partial charge in [0.25, 0.3) is 5.56 Å². The van der Waals surface area contributed by atoms with Gasteiger partial charge in [-0.1, -0.05) is 38.0 Å². The van der Waals surface area contributed by atoms with E-state index in [-0.39, 0.29) is 5.56 Å². The average Bonchev–Trinajstić information content (AvgIpc) is 2.84. The van der Waals surface area contributed by atoms with Gasteiger partial charge in [0.1, 0.15) is 0 Å². The van der Waals surface area contributed by atoms with Crippen molar-refractivity contribution in [1.82, 2.24) is 9.55 Å². The Balaban J connectivity index is 2.21. The van der Waals surface area contributed by atoms with Crippen molar-refractivity contribution in [1.29, 1.82) is 0 Å². The van der Waals surface area contributed by atoms with Crippen LogP contribution < -0.4 is 5.56 Å². The van der Waals surface area contributed by atoms with Crippen LogP contribution in [-0.2, 0) is 6.54 Å². The van der Waals surface area contributed by atoms with E-state index >= 15 is 0 Å². The molecule has 0 fully saturated rings. The molecule has 0 spiro atoms. The van der Waals surface area contributed by atoms with E-state index in [0.29, 0.717) is 0 Å². The van der Waals surface area contributed by atoms with E-state index < -0.39 is 0 Å². The zero-order chi connectivity index (χ0) is 13.2. The summed E-state index contributed by atoms with van der Waals surface area (Å²) in [5.74, 6) is 0. The highest BCUT2D eigenvalue weighted by Gasteiger charge is 2.09. The molecule has 0 aliphatic carbocycles. The predicted octanol–water partition coefficient (Wildman–Crippen LogP) is 3.67. The van der Waals surface area contributed by atoms with Crippen molar-refractivity contribution in [2.75, 3.05) is 0 Å². The molecular weight excluding hydrogens is 236 g/mol. The molecule has 0 bridgehead atoms. The van der Waals surface area contributed by atoms with Gasteiger partial charge in [-0.15, -0.1) is 0 Å². The van der Waals surface area contributed by atoms with Gasteiger partial charge in [-0.3, -0.25) is 4.79 Å². The Labute approximate surface area is 111 Å². The molecule has 0 amide bonds. The van der Waals surface area contributed by atoms with Crippen LogP contribution in [0.2, 0.25) is 0 Å². The molecule has 1 aromatic carbocycles. The predicted molar refractivity (Wildman–Crippen MR) is 79.6 cm³/mol. The molecule has 3 rings (SSSR count). The van der Waals surface area contributed by atoms with Crippen LogP contribution in [0.25, 0.3) is 21.8 Å². The molecule has 0 aliphatic rings. The fourth-order valence-electron chi connectivity index (χ4n) is 2.66. The third-order valence-corrected chi connectivity index (χ3v) is 3.64. The zero-order valence-corrected chi connectivity index (χ0v) is 11.1. The van der Waals surface area contributed by atoms with Crippen LogP contribution >= 0.6 is 0 Å². The van der Waals surface area contributed by atoms with E-state index in [1.807, 2.05) is 30.5 Å². The van der Waals surface area contributed by atoms with Crippen molar-refractivity contribution in [2.45, 2.75) is 32.7 Å². The van der Waals surface area contributed by atoms with Crippen LogP contribution in [0.15, 0.2) is 41.3 Å². The van der Waals surface area contributed by atoms with Crippen LogP contribution in [0.3, 0.4) is 0 Å². The minimum Gasteiger partial charge on any atom is -0.347 e. The first-order valence-corrected chi connectivity index (χ1v) is 6.91. The molecule has 19 heavy (non-hydrogen) atoms. The topological polar surface area (TPSA) is 37.8 Å². The number of nitrogens with one attached hydrogen (secondary N) is 1. The number of rotatable bonds is 4. The van der Waals surface area contributed by atoms with Gasteiger partial charge in [0.05, 0.1) is 16.4 Å². The van der Waals surface area contributed by atoms with Gasteiger partial charge in [-0.05, 0) is 18.6 Å². The Bertz CT molecular complexity index is 767. The Hall–Kier alpha value is -2.03. The molecule has 0 unspecified atom stereocenters. The lowest BCUT2D eigenvalue weighted by molar-refractivity contribution is 0.617. The van der Waals surface area contributed by atoms with Crippen LogP contribution in [0.4, 0.5) is 0 Å². The second-order valence-corrected chi connectivity index (χ2v) is 4.98. The van der Waals surface area contributed by atoms with Crippen molar-refractivity contribution in [3.8, 4) is 0 Å². The molecule has 1 N–H and O–H groups in total. The summed E-state index contributed by atoms with van der Waals surface area (Å²) in [6, 6.07) is 9.92. The quantitative estimate of drug-likeness (QED) is 0.709. The van der Waals surface area contributed by atoms with Gasteiger partial charge in [0.15, 0.2) is 0 Å². The molecule has 0 radical (unpaired) electrons. The number of pyridine rings is 1. The highest BCUT2D eigenvalue weighted by molar-refractivity contribution is 6.03. The zero-order valence-electron chi connectivity index (χ0n) is 11.1. The maximum absolute atomic E-state index is 12.1. The van der Waals surface area contributed by atoms with Gasteiger partial charge in [-0.2, -0.15) is 0 Å². The van der Waals surface area contributed by atoms with E-state index in [9.17, 15) is 4.79 Å². The minimum absolute atomic E-state index is 0.00272. The number of hydrogen-bond donors (Lipinski definition) is 1. The summed E-state index contributed by atoms with van der Waals surface area (Å²) in [6.45, 7) is 3.18. The van der Waals surface area contributed by atoms with Gasteiger partial charge in [-0.25, -0.2) is 0 Å². The molecule has 3 heteroatoms. The van der Waals surface area contributed by atoms with Crippen LogP contribution in [0, 0.1) is 0 Å². The number of H-pyrrole nitrogens is 1. The number of unbranched alkanes of at least 4 members (excludes halogenated alkanes) is 2. The van der Waals surface area contributed by atoms with E-state index in [2.05, 4.69) is 22.5 Å².